The molecule has 0 bridgehead atoms. The van der Waals surface area contributed by atoms with Crippen LogP contribution in [0.2, 0.25) is 0 Å². The first-order valence-corrected chi connectivity index (χ1v) is 13.3. The smallest absolute Gasteiger partial charge is 0.142 e. The summed E-state index contributed by atoms with van der Waals surface area (Å²) >= 11 is 0. The van der Waals surface area contributed by atoms with E-state index in [0.717, 1.165) is 50.2 Å². The number of benzene rings is 4. The standard InChI is InChI=1S/C33H38N4O2/c1-22(2)36-24(5)28-10-6-8-25(16-28)20-38-31-14-12-27-13-15-32(19-30(27)18-31)39-21-26-9-7-11-29(17-26)33(34)37(35)23(3)4/h6-19,22-23,34,36H,5,20-21,35H2,1-4H3. The van der Waals surface area contributed by atoms with Crippen molar-refractivity contribution >= 4 is 22.3 Å². The van der Waals surface area contributed by atoms with Crippen LogP contribution in [0.15, 0.2) is 91.5 Å². The summed E-state index contributed by atoms with van der Waals surface area (Å²) in [4.78, 5) is 0. The molecule has 0 amide bonds. The summed E-state index contributed by atoms with van der Waals surface area (Å²) in [5.74, 6) is 7.88. The molecule has 6 heteroatoms. The fourth-order valence-electron chi connectivity index (χ4n) is 4.21. The van der Waals surface area contributed by atoms with E-state index in [2.05, 4.69) is 50.0 Å². The second-order valence-electron chi connectivity index (χ2n) is 10.3. The summed E-state index contributed by atoms with van der Waals surface area (Å²) in [6, 6.07) is 28.5. The zero-order chi connectivity index (χ0) is 27.9. The number of rotatable bonds is 11. The van der Waals surface area contributed by atoms with Gasteiger partial charge in [0.15, 0.2) is 0 Å². The molecular weight excluding hydrogens is 484 g/mol. The largest absolute Gasteiger partial charge is 0.489 e. The molecule has 0 radical (unpaired) electrons. The minimum atomic E-state index is 0.0426. The van der Waals surface area contributed by atoms with E-state index in [-0.39, 0.29) is 11.9 Å². The Balaban J connectivity index is 1.41. The molecule has 202 valence electrons. The summed E-state index contributed by atoms with van der Waals surface area (Å²) in [5, 5.41) is 15.3. The topological polar surface area (TPSA) is 83.6 Å². The third kappa shape index (κ3) is 7.39. The van der Waals surface area contributed by atoms with E-state index in [4.69, 9.17) is 20.7 Å². The highest BCUT2D eigenvalue weighted by Crippen LogP contribution is 2.26. The Morgan fingerprint density at radius 1 is 0.795 bits per heavy atom. The van der Waals surface area contributed by atoms with Crippen LogP contribution in [0.25, 0.3) is 16.5 Å². The number of hydrogen-bond donors (Lipinski definition) is 3. The Hall–Kier alpha value is -4.29. The third-order valence-corrected chi connectivity index (χ3v) is 6.35. The van der Waals surface area contributed by atoms with Gasteiger partial charge in [-0.05, 0) is 91.6 Å². The molecule has 0 saturated carbocycles. The number of ether oxygens (including phenoxy) is 2. The predicted molar refractivity (Wildman–Crippen MR) is 161 cm³/mol. The molecular formula is C33H38N4O2. The molecule has 39 heavy (non-hydrogen) atoms. The number of fused-ring (bicyclic) bond motifs is 1. The number of nitrogens with zero attached hydrogens (tertiary/aromatic N) is 1. The van der Waals surface area contributed by atoms with Gasteiger partial charge >= 0.3 is 0 Å². The van der Waals surface area contributed by atoms with Crippen molar-refractivity contribution in [3.8, 4) is 11.5 Å². The van der Waals surface area contributed by atoms with Crippen molar-refractivity contribution in [2.75, 3.05) is 0 Å². The van der Waals surface area contributed by atoms with Gasteiger partial charge in [-0.2, -0.15) is 0 Å². The lowest BCUT2D eigenvalue weighted by Crippen LogP contribution is -2.42. The Bertz CT molecular complexity index is 1460. The lowest BCUT2D eigenvalue weighted by atomic mass is 10.1. The fraction of sp³-hybridized carbons (Fsp3) is 0.242. The van der Waals surface area contributed by atoms with Crippen molar-refractivity contribution < 1.29 is 9.47 Å². The molecule has 0 unspecified atom stereocenters. The molecule has 0 heterocycles. The normalized spacial score (nSPS) is 11.1. The average molecular weight is 523 g/mol. The molecule has 0 aromatic heterocycles. The number of nitrogens with one attached hydrogen (secondary N) is 2. The van der Waals surface area contributed by atoms with E-state index in [9.17, 15) is 0 Å². The molecule has 4 rings (SSSR count). The molecule has 6 nitrogen and oxygen atoms in total. The summed E-state index contributed by atoms with van der Waals surface area (Å²) in [5.41, 5.74) is 4.79. The summed E-state index contributed by atoms with van der Waals surface area (Å²) < 4.78 is 12.2. The first-order valence-electron chi connectivity index (χ1n) is 13.3. The lowest BCUT2D eigenvalue weighted by molar-refractivity contribution is 0.305. The highest BCUT2D eigenvalue weighted by Gasteiger charge is 2.12. The Morgan fingerprint density at radius 3 is 1.87 bits per heavy atom. The summed E-state index contributed by atoms with van der Waals surface area (Å²) in [7, 11) is 0. The van der Waals surface area contributed by atoms with Gasteiger partial charge in [-0.15, -0.1) is 0 Å². The second kappa shape index (κ2) is 12.5. The molecule has 0 aliphatic rings. The summed E-state index contributed by atoms with van der Waals surface area (Å²) in [6.07, 6.45) is 0. The van der Waals surface area contributed by atoms with E-state index in [1.165, 1.54) is 5.01 Å². The van der Waals surface area contributed by atoms with Crippen LogP contribution in [0, 0.1) is 5.41 Å². The van der Waals surface area contributed by atoms with Crippen LogP contribution in [0.5, 0.6) is 11.5 Å². The third-order valence-electron chi connectivity index (χ3n) is 6.35. The monoisotopic (exact) mass is 522 g/mol. The van der Waals surface area contributed by atoms with E-state index < -0.39 is 0 Å². The van der Waals surface area contributed by atoms with Crippen molar-refractivity contribution in [3.05, 3.63) is 114 Å². The van der Waals surface area contributed by atoms with Crippen molar-refractivity contribution in [2.45, 2.75) is 53.0 Å². The zero-order valence-electron chi connectivity index (χ0n) is 23.2. The molecule has 0 saturated heterocycles. The van der Waals surface area contributed by atoms with Crippen LogP contribution in [0.3, 0.4) is 0 Å². The second-order valence-corrected chi connectivity index (χ2v) is 10.3. The van der Waals surface area contributed by atoms with Crippen LogP contribution < -0.4 is 20.6 Å². The zero-order valence-corrected chi connectivity index (χ0v) is 23.2. The fourth-order valence-corrected chi connectivity index (χ4v) is 4.21. The number of amidine groups is 1. The van der Waals surface area contributed by atoms with Gasteiger partial charge in [-0.1, -0.05) is 55.1 Å². The van der Waals surface area contributed by atoms with Gasteiger partial charge in [-0.3, -0.25) is 10.4 Å². The van der Waals surface area contributed by atoms with E-state index in [1.54, 1.807) is 0 Å². The molecule has 0 aliphatic carbocycles. The van der Waals surface area contributed by atoms with Crippen molar-refractivity contribution in [1.29, 1.82) is 5.41 Å². The molecule has 0 fully saturated rings. The maximum Gasteiger partial charge on any atom is 0.142 e. The highest BCUT2D eigenvalue weighted by molar-refractivity contribution is 5.96. The molecule has 4 aromatic carbocycles. The van der Waals surface area contributed by atoms with Gasteiger partial charge < -0.3 is 14.8 Å². The average Bonchev–Trinajstić information content (AvgIpc) is 2.93. The SMILES string of the molecule is C=C(NC(C)C)c1cccc(COc2ccc3ccc(OCc4cccc(C(=N)N(N)C(C)C)c4)cc3c2)c1. The van der Waals surface area contributed by atoms with Crippen LogP contribution in [0.4, 0.5) is 0 Å². The highest BCUT2D eigenvalue weighted by atomic mass is 16.5. The van der Waals surface area contributed by atoms with Crippen molar-refractivity contribution in [2.24, 2.45) is 5.84 Å². The minimum absolute atomic E-state index is 0.0426. The van der Waals surface area contributed by atoms with E-state index in [1.807, 2.05) is 74.5 Å². The first-order chi connectivity index (χ1) is 18.7. The number of nitrogens with two attached hydrogens (primary N) is 1. The Morgan fingerprint density at radius 2 is 1.33 bits per heavy atom. The van der Waals surface area contributed by atoms with Gasteiger partial charge in [-0.25, -0.2) is 5.84 Å². The van der Waals surface area contributed by atoms with Crippen LogP contribution in [0.1, 0.15) is 49.9 Å². The number of hydrogen-bond acceptors (Lipinski definition) is 5. The quantitative estimate of drug-likeness (QED) is 0.0866. The van der Waals surface area contributed by atoms with Crippen LogP contribution in [-0.2, 0) is 13.2 Å². The van der Waals surface area contributed by atoms with Crippen LogP contribution in [-0.4, -0.2) is 22.9 Å². The van der Waals surface area contributed by atoms with Gasteiger partial charge in [0, 0.05) is 23.3 Å². The number of hydrazine groups is 1. The minimum Gasteiger partial charge on any atom is -0.489 e. The molecule has 0 atom stereocenters. The maximum atomic E-state index is 8.35. The maximum absolute atomic E-state index is 8.35. The lowest BCUT2D eigenvalue weighted by Gasteiger charge is -2.23. The van der Waals surface area contributed by atoms with E-state index >= 15 is 0 Å². The molecule has 0 aliphatic heterocycles. The van der Waals surface area contributed by atoms with Gasteiger partial charge in [0.1, 0.15) is 30.5 Å². The van der Waals surface area contributed by atoms with Crippen molar-refractivity contribution in [1.82, 2.24) is 10.3 Å². The van der Waals surface area contributed by atoms with Gasteiger partial charge in [0.2, 0.25) is 0 Å². The summed E-state index contributed by atoms with van der Waals surface area (Å²) in [6.45, 7) is 13.1. The Kier molecular flexibility index (Phi) is 8.89. The molecule has 4 aromatic rings. The van der Waals surface area contributed by atoms with Crippen LogP contribution >= 0.6 is 0 Å². The van der Waals surface area contributed by atoms with Gasteiger partial charge in [0.25, 0.3) is 0 Å². The Labute approximate surface area is 231 Å². The molecule has 4 N–H and O–H groups in total. The predicted octanol–water partition coefficient (Wildman–Crippen LogP) is 6.88. The first kappa shape index (κ1) is 27.7. The van der Waals surface area contributed by atoms with Crippen molar-refractivity contribution in [3.63, 3.8) is 0 Å². The molecule has 0 spiro atoms. The van der Waals surface area contributed by atoms with E-state index in [0.29, 0.717) is 19.3 Å². The van der Waals surface area contributed by atoms with Gasteiger partial charge in [0.05, 0.1) is 0 Å².